The molecule has 1 aliphatic rings. The van der Waals surface area contributed by atoms with Crippen LogP contribution < -0.4 is 5.32 Å². The van der Waals surface area contributed by atoms with Gasteiger partial charge in [-0.2, -0.15) is 0 Å². The second-order valence-corrected chi connectivity index (χ2v) is 5.15. The number of methoxy groups -OCH3 is 1. The number of pyridine rings is 1. The van der Waals surface area contributed by atoms with Gasteiger partial charge in [0.1, 0.15) is 0 Å². The van der Waals surface area contributed by atoms with Crippen molar-refractivity contribution in [2.45, 2.75) is 50.7 Å². The van der Waals surface area contributed by atoms with Crippen LogP contribution in [-0.2, 0) is 11.2 Å². The Labute approximate surface area is 110 Å². The van der Waals surface area contributed by atoms with Gasteiger partial charge in [-0.3, -0.25) is 4.98 Å². The standard InChI is InChI=1S/C15H24N2O/c1-3-17-14(12-13-6-10-16-11-7-13)15(18-2)8-4-5-9-15/h6-7,10-11,14,17H,3-5,8-9,12H2,1-2H3. The van der Waals surface area contributed by atoms with Gasteiger partial charge in [-0.1, -0.05) is 19.8 Å². The van der Waals surface area contributed by atoms with Gasteiger partial charge < -0.3 is 10.1 Å². The topological polar surface area (TPSA) is 34.2 Å². The van der Waals surface area contributed by atoms with Crippen molar-refractivity contribution in [3.63, 3.8) is 0 Å². The van der Waals surface area contributed by atoms with E-state index in [2.05, 4.69) is 29.4 Å². The lowest BCUT2D eigenvalue weighted by Crippen LogP contribution is -2.51. The summed E-state index contributed by atoms with van der Waals surface area (Å²) in [6.07, 6.45) is 9.67. The molecule has 3 heteroatoms. The summed E-state index contributed by atoms with van der Waals surface area (Å²) in [5, 5.41) is 3.62. The number of rotatable bonds is 6. The van der Waals surface area contributed by atoms with Gasteiger partial charge in [0, 0.05) is 25.5 Å². The fourth-order valence-corrected chi connectivity index (χ4v) is 3.11. The highest BCUT2D eigenvalue weighted by molar-refractivity contribution is 5.14. The molecule has 0 radical (unpaired) electrons. The third kappa shape index (κ3) is 2.90. The minimum absolute atomic E-state index is 0.0271. The molecule has 1 aliphatic carbocycles. The maximum absolute atomic E-state index is 5.91. The highest BCUT2D eigenvalue weighted by Crippen LogP contribution is 2.36. The number of ether oxygens (including phenoxy) is 1. The van der Waals surface area contributed by atoms with E-state index in [0.29, 0.717) is 6.04 Å². The molecule has 18 heavy (non-hydrogen) atoms. The fraction of sp³-hybridized carbons (Fsp3) is 0.667. The molecule has 0 saturated heterocycles. The quantitative estimate of drug-likeness (QED) is 0.840. The number of likely N-dealkylation sites (N-methyl/N-ethyl adjacent to an activating group) is 1. The van der Waals surface area contributed by atoms with Gasteiger partial charge in [0.15, 0.2) is 0 Å². The molecule has 1 atom stereocenters. The van der Waals surface area contributed by atoms with Gasteiger partial charge in [-0.05, 0) is 43.5 Å². The summed E-state index contributed by atoms with van der Waals surface area (Å²) in [4.78, 5) is 4.08. The monoisotopic (exact) mass is 248 g/mol. The van der Waals surface area contributed by atoms with Crippen LogP contribution in [0.3, 0.4) is 0 Å². The third-order valence-corrected chi connectivity index (χ3v) is 4.13. The molecular weight excluding hydrogens is 224 g/mol. The average Bonchev–Trinajstić information content (AvgIpc) is 2.89. The van der Waals surface area contributed by atoms with E-state index < -0.39 is 0 Å². The van der Waals surface area contributed by atoms with Gasteiger partial charge >= 0.3 is 0 Å². The Hall–Kier alpha value is -0.930. The minimum Gasteiger partial charge on any atom is -0.377 e. The van der Waals surface area contributed by atoms with Crippen LogP contribution >= 0.6 is 0 Å². The highest BCUT2D eigenvalue weighted by Gasteiger charge is 2.41. The number of nitrogens with zero attached hydrogens (tertiary/aromatic N) is 1. The first-order valence-electron chi connectivity index (χ1n) is 6.98. The Morgan fingerprint density at radius 2 is 2.00 bits per heavy atom. The second-order valence-electron chi connectivity index (χ2n) is 5.15. The first-order valence-corrected chi connectivity index (χ1v) is 6.98. The lowest BCUT2D eigenvalue weighted by Gasteiger charge is -2.37. The number of nitrogens with one attached hydrogen (secondary N) is 1. The molecule has 100 valence electrons. The van der Waals surface area contributed by atoms with Crippen LogP contribution in [0.5, 0.6) is 0 Å². The van der Waals surface area contributed by atoms with E-state index in [-0.39, 0.29) is 5.60 Å². The van der Waals surface area contributed by atoms with Gasteiger partial charge in [0.05, 0.1) is 5.60 Å². The highest BCUT2D eigenvalue weighted by atomic mass is 16.5. The van der Waals surface area contributed by atoms with E-state index in [1.807, 2.05) is 19.5 Å². The lowest BCUT2D eigenvalue weighted by molar-refractivity contribution is -0.0351. The summed E-state index contributed by atoms with van der Waals surface area (Å²) in [5.41, 5.74) is 1.36. The average molecular weight is 248 g/mol. The van der Waals surface area contributed by atoms with E-state index in [0.717, 1.165) is 13.0 Å². The van der Waals surface area contributed by atoms with Crippen LogP contribution in [0.15, 0.2) is 24.5 Å². The third-order valence-electron chi connectivity index (χ3n) is 4.13. The largest absolute Gasteiger partial charge is 0.377 e. The Bertz CT molecular complexity index is 347. The van der Waals surface area contributed by atoms with Crippen molar-refractivity contribution in [2.75, 3.05) is 13.7 Å². The van der Waals surface area contributed by atoms with E-state index >= 15 is 0 Å². The molecule has 1 aromatic heterocycles. The molecular formula is C15H24N2O. The summed E-state index contributed by atoms with van der Waals surface area (Å²) >= 11 is 0. The Kier molecular flexibility index (Phi) is 4.72. The first kappa shape index (κ1) is 13.5. The van der Waals surface area contributed by atoms with Crippen LogP contribution in [-0.4, -0.2) is 30.3 Å². The summed E-state index contributed by atoms with van der Waals surface area (Å²) in [7, 11) is 1.86. The zero-order chi connectivity index (χ0) is 12.8. The molecule has 0 spiro atoms. The molecule has 1 unspecified atom stereocenters. The minimum atomic E-state index is 0.0271. The van der Waals surface area contributed by atoms with Crippen LogP contribution in [0.1, 0.15) is 38.2 Å². The summed E-state index contributed by atoms with van der Waals surface area (Å²) in [6, 6.07) is 4.60. The van der Waals surface area contributed by atoms with E-state index in [9.17, 15) is 0 Å². The SMILES string of the molecule is CCNC(Cc1ccncc1)C1(OC)CCCC1. The number of hydrogen-bond donors (Lipinski definition) is 1. The van der Waals surface area contributed by atoms with Crippen molar-refractivity contribution in [3.05, 3.63) is 30.1 Å². The van der Waals surface area contributed by atoms with Crippen molar-refractivity contribution in [1.29, 1.82) is 0 Å². The predicted octanol–water partition coefficient (Wildman–Crippen LogP) is 2.56. The molecule has 1 fully saturated rings. The van der Waals surface area contributed by atoms with Crippen LogP contribution in [0.4, 0.5) is 0 Å². The van der Waals surface area contributed by atoms with Crippen molar-refractivity contribution in [2.24, 2.45) is 0 Å². The molecule has 1 saturated carbocycles. The van der Waals surface area contributed by atoms with E-state index in [1.54, 1.807) is 0 Å². The first-order chi connectivity index (χ1) is 8.80. The van der Waals surface area contributed by atoms with E-state index in [4.69, 9.17) is 4.74 Å². The van der Waals surface area contributed by atoms with Gasteiger partial charge in [0.25, 0.3) is 0 Å². The van der Waals surface area contributed by atoms with Crippen molar-refractivity contribution >= 4 is 0 Å². The number of hydrogen-bond acceptors (Lipinski definition) is 3. The fourth-order valence-electron chi connectivity index (χ4n) is 3.11. The Balaban J connectivity index is 2.12. The molecule has 3 nitrogen and oxygen atoms in total. The van der Waals surface area contributed by atoms with Crippen molar-refractivity contribution in [1.82, 2.24) is 10.3 Å². The molecule has 0 aromatic carbocycles. The van der Waals surface area contributed by atoms with Crippen LogP contribution in [0.25, 0.3) is 0 Å². The van der Waals surface area contributed by atoms with Crippen molar-refractivity contribution in [3.8, 4) is 0 Å². The molecule has 1 N–H and O–H groups in total. The molecule has 2 rings (SSSR count). The zero-order valence-corrected chi connectivity index (χ0v) is 11.5. The zero-order valence-electron chi connectivity index (χ0n) is 11.5. The molecule has 1 aromatic rings. The maximum Gasteiger partial charge on any atom is 0.0834 e. The van der Waals surface area contributed by atoms with Crippen molar-refractivity contribution < 1.29 is 4.74 Å². The molecule has 0 aliphatic heterocycles. The summed E-state index contributed by atoms with van der Waals surface area (Å²) < 4.78 is 5.91. The Morgan fingerprint density at radius 3 is 2.56 bits per heavy atom. The van der Waals surface area contributed by atoms with E-state index in [1.165, 1.54) is 31.2 Å². The predicted molar refractivity (Wildman–Crippen MR) is 73.6 cm³/mol. The number of aromatic nitrogens is 1. The summed E-state index contributed by atoms with van der Waals surface area (Å²) in [6.45, 7) is 3.15. The normalized spacial score (nSPS) is 19.9. The van der Waals surface area contributed by atoms with Gasteiger partial charge in [0.2, 0.25) is 0 Å². The van der Waals surface area contributed by atoms with Gasteiger partial charge in [-0.25, -0.2) is 0 Å². The van der Waals surface area contributed by atoms with Crippen LogP contribution in [0, 0.1) is 0 Å². The molecule has 0 amide bonds. The van der Waals surface area contributed by atoms with Gasteiger partial charge in [-0.15, -0.1) is 0 Å². The second kappa shape index (κ2) is 6.30. The summed E-state index contributed by atoms with van der Waals surface area (Å²) in [5.74, 6) is 0. The Morgan fingerprint density at radius 1 is 1.33 bits per heavy atom. The lowest BCUT2D eigenvalue weighted by atomic mass is 9.87. The smallest absolute Gasteiger partial charge is 0.0834 e. The molecule has 1 heterocycles. The van der Waals surface area contributed by atoms with Crippen LogP contribution in [0.2, 0.25) is 0 Å². The molecule has 0 bridgehead atoms. The maximum atomic E-state index is 5.91.